The molecule has 0 aliphatic heterocycles. The van der Waals surface area contributed by atoms with E-state index in [1.54, 1.807) is 18.9 Å². The van der Waals surface area contributed by atoms with E-state index in [0.29, 0.717) is 0 Å². The van der Waals surface area contributed by atoms with E-state index in [0.717, 1.165) is 27.8 Å². The van der Waals surface area contributed by atoms with Crippen molar-refractivity contribution in [3.05, 3.63) is 28.8 Å². The van der Waals surface area contributed by atoms with Crippen molar-refractivity contribution in [1.29, 1.82) is 0 Å². The molecule has 1 rings (SSSR count). The van der Waals surface area contributed by atoms with Gasteiger partial charge in [-0.15, -0.1) is 0 Å². The van der Waals surface area contributed by atoms with Crippen LogP contribution in [0.1, 0.15) is 12.5 Å². The second-order valence-corrected chi connectivity index (χ2v) is 4.92. The molecule has 0 aliphatic carbocycles. The molecule has 4 heteroatoms. The van der Waals surface area contributed by atoms with Gasteiger partial charge in [-0.2, -0.15) is 11.8 Å². The van der Waals surface area contributed by atoms with Crippen LogP contribution in [0.15, 0.2) is 18.2 Å². The molecule has 84 valence electrons. The summed E-state index contributed by atoms with van der Waals surface area (Å²) in [5.41, 5.74) is 6.80. The van der Waals surface area contributed by atoms with Gasteiger partial charge in [0, 0.05) is 28.1 Å². The van der Waals surface area contributed by atoms with Crippen LogP contribution in [-0.2, 0) is 5.75 Å². The third kappa shape index (κ3) is 4.33. The van der Waals surface area contributed by atoms with Crippen molar-refractivity contribution in [1.82, 2.24) is 0 Å². The molecule has 0 radical (unpaired) electrons. The van der Waals surface area contributed by atoms with E-state index in [2.05, 4.69) is 0 Å². The molecule has 0 spiro atoms. The first kappa shape index (κ1) is 12.7. The molecule has 1 atom stereocenters. The lowest BCUT2D eigenvalue weighted by Crippen LogP contribution is -2.17. The first-order valence-electron chi connectivity index (χ1n) is 4.79. The third-order valence-corrected chi connectivity index (χ3v) is 3.39. The molecule has 0 fully saturated rings. The summed E-state index contributed by atoms with van der Waals surface area (Å²) in [4.78, 5) is 0. The fourth-order valence-electron chi connectivity index (χ4n) is 1.21. The molecule has 0 aliphatic rings. The van der Waals surface area contributed by atoms with Crippen LogP contribution in [0.4, 0.5) is 0 Å². The van der Waals surface area contributed by atoms with Crippen molar-refractivity contribution in [3.8, 4) is 5.75 Å². The van der Waals surface area contributed by atoms with Gasteiger partial charge in [0.1, 0.15) is 5.75 Å². The maximum absolute atomic E-state index is 5.93. The van der Waals surface area contributed by atoms with E-state index in [1.165, 1.54) is 0 Å². The lowest BCUT2D eigenvalue weighted by molar-refractivity contribution is 0.411. The molecule has 0 saturated carbocycles. The molecule has 1 aromatic rings. The maximum Gasteiger partial charge on any atom is 0.122 e. The standard InChI is InChI=1S/C11H16ClNOS/c1-8(13)6-15-7-9-5-10(12)3-4-11(9)14-2/h3-5,8H,6-7,13H2,1-2H3. The molecule has 1 unspecified atom stereocenters. The van der Waals surface area contributed by atoms with Crippen molar-refractivity contribution in [3.63, 3.8) is 0 Å². The number of thioether (sulfide) groups is 1. The number of benzene rings is 1. The highest BCUT2D eigenvalue weighted by molar-refractivity contribution is 7.98. The molecular formula is C11H16ClNOS. The van der Waals surface area contributed by atoms with Gasteiger partial charge in [0.2, 0.25) is 0 Å². The summed E-state index contributed by atoms with van der Waals surface area (Å²) in [5, 5.41) is 0.743. The number of methoxy groups -OCH3 is 1. The first-order chi connectivity index (χ1) is 7.13. The van der Waals surface area contributed by atoms with Crippen LogP contribution in [0.2, 0.25) is 5.02 Å². The molecule has 0 heterocycles. The first-order valence-corrected chi connectivity index (χ1v) is 6.32. The van der Waals surface area contributed by atoms with Crippen LogP contribution in [0, 0.1) is 0 Å². The highest BCUT2D eigenvalue weighted by Crippen LogP contribution is 2.26. The largest absolute Gasteiger partial charge is 0.496 e. The molecule has 0 amide bonds. The van der Waals surface area contributed by atoms with Gasteiger partial charge in [0.15, 0.2) is 0 Å². The number of hydrogen-bond donors (Lipinski definition) is 1. The normalized spacial score (nSPS) is 12.5. The average molecular weight is 246 g/mol. The summed E-state index contributed by atoms with van der Waals surface area (Å²) in [7, 11) is 1.67. The molecule has 2 nitrogen and oxygen atoms in total. The van der Waals surface area contributed by atoms with Gasteiger partial charge >= 0.3 is 0 Å². The lowest BCUT2D eigenvalue weighted by Gasteiger charge is -2.09. The number of halogens is 1. The summed E-state index contributed by atoms with van der Waals surface area (Å²) < 4.78 is 5.25. The predicted octanol–water partition coefficient (Wildman–Crippen LogP) is 2.93. The topological polar surface area (TPSA) is 35.2 Å². The zero-order valence-corrected chi connectivity index (χ0v) is 10.6. The van der Waals surface area contributed by atoms with Gasteiger partial charge in [-0.3, -0.25) is 0 Å². The smallest absolute Gasteiger partial charge is 0.122 e. The summed E-state index contributed by atoms with van der Waals surface area (Å²) >= 11 is 7.71. The van der Waals surface area contributed by atoms with E-state index in [9.17, 15) is 0 Å². The summed E-state index contributed by atoms with van der Waals surface area (Å²) in [6.07, 6.45) is 0. The van der Waals surface area contributed by atoms with Crippen LogP contribution in [-0.4, -0.2) is 18.9 Å². The Morgan fingerprint density at radius 3 is 2.87 bits per heavy atom. The zero-order valence-electron chi connectivity index (χ0n) is 9.00. The van der Waals surface area contributed by atoms with E-state index < -0.39 is 0 Å². The van der Waals surface area contributed by atoms with Gasteiger partial charge in [0.25, 0.3) is 0 Å². The highest BCUT2D eigenvalue weighted by Gasteiger charge is 2.04. The van der Waals surface area contributed by atoms with Gasteiger partial charge in [-0.25, -0.2) is 0 Å². The predicted molar refractivity (Wildman–Crippen MR) is 67.8 cm³/mol. The Kier molecular flexibility index (Phi) is 5.29. The zero-order chi connectivity index (χ0) is 11.3. The third-order valence-electron chi connectivity index (χ3n) is 1.88. The minimum Gasteiger partial charge on any atom is -0.496 e. The Bertz CT molecular complexity index is 317. The average Bonchev–Trinajstić information content (AvgIpc) is 2.17. The van der Waals surface area contributed by atoms with Crippen LogP contribution in [0.3, 0.4) is 0 Å². The number of rotatable bonds is 5. The minimum absolute atomic E-state index is 0.222. The summed E-state index contributed by atoms with van der Waals surface area (Å²) in [5.74, 6) is 2.71. The monoisotopic (exact) mass is 245 g/mol. The maximum atomic E-state index is 5.93. The van der Waals surface area contributed by atoms with Gasteiger partial charge in [0.05, 0.1) is 7.11 Å². The molecule has 15 heavy (non-hydrogen) atoms. The molecule has 0 aromatic heterocycles. The van der Waals surface area contributed by atoms with Crippen molar-refractivity contribution in [2.75, 3.05) is 12.9 Å². The van der Waals surface area contributed by atoms with Crippen LogP contribution in [0.25, 0.3) is 0 Å². The summed E-state index contributed by atoms with van der Waals surface area (Å²) in [6, 6.07) is 5.89. The Balaban J connectivity index is 2.62. The van der Waals surface area contributed by atoms with Gasteiger partial charge in [-0.05, 0) is 25.1 Å². The van der Waals surface area contributed by atoms with E-state index in [1.807, 2.05) is 25.1 Å². The van der Waals surface area contributed by atoms with E-state index in [4.69, 9.17) is 22.1 Å². The van der Waals surface area contributed by atoms with Crippen molar-refractivity contribution >= 4 is 23.4 Å². The quantitative estimate of drug-likeness (QED) is 0.867. The molecule has 0 saturated heterocycles. The van der Waals surface area contributed by atoms with Crippen LogP contribution >= 0.6 is 23.4 Å². The Morgan fingerprint density at radius 2 is 2.27 bits per heavy atom. The molecular weight excluding hydrogens is 230 g/mol. The van der Waals surface area contributed by atoms with Crippen LogP contribution in [0.5, 0.6) is 5.75 Å². The molecule has 2 N–H and O–H groups in total. The lowest BCUT2D eigenvalue weighted by atomic mass is 10.2. The number of nitrogens with two attached hydrogens (primary N) is 1. The second-order valence-electron chi connectivity index (χ2n) is 3.45. The SMILES string of the molecule is COc1ccc(Cl)cc1CSCC(C)N. The van der Waals surface area contributed by atoms with E-state index >= 15 is 0 Å². The van der Waals surface area contributed by atoms with Gasteiger partial charge in [-0.1, -0.05) is 11.6 Å². The minimum atomic E-state index is 0.222. The highest BCUT2D eigenvalue weighted by atomic mass is 35.5. The van der Waals surface area contributed by atoms with Gasteiger partial charge < -0.3 is 10.5 Å². The Morgan fingerprint density at radius 1 is 1.53 bits per heavy atom. The number of hydrogen-bond acceptors (Lipinski definition) is 3. The number of ether oxygens (including phenoxy) is 1. The Hall–Kier alpha value is -0.380. The summed E-state index contributed by atoms with van der Waals surface area (Å²) in [6.45, 7) is 2.00. The van der Waals surface area contributed by atoms with Crippen LogP contribution < -0.4 is 10.5 Å². The second kappa shape index (κ2) is 6.26. The fraction of sp³-hybridized carbons (Fsp3) is 0.455. The van der Waals surface area contributed by atoms with Crippen molar-refractivity contribution < 1.29 is 4.74 Å². The molecule has 0 bridgehead atoms. The van der Waals surface area contributed by atoms with E-state index in [-0.39, 0.29) is 6.04 Å². The van der Waals surface area contributed by atoms with Crippen molar-refractivity contribution in [2.24, 2.45) is 5.73 Å². The fourth-order valence-corrected chi connectivity index (χ4v) is 2.34. The van der Waals surface area contributed by atoms with Crippen molar-refractivity contribution in [2.45, 2.75) is 18.7 Å². The Labute approximate surface area is 100 Å². The molecule has 1 aromatic carbocycles.